The van der Waals surface area contributed by atoms with Crippen molar-refractivity contribution in [2.75, 3.05) is 0 Å². The average Bonchev–Trinajstić information content (AvgIpc) is 2.94. The number of rotatable bonds is 13. The minimum Gasteiger partial charge on any atom is -0.388 e. The highest BCUT2D eigenvalue weighted by Crippen LogP contribution is 2.21. The van der Waals surface area contributed by atoms with Crippen molar-refractivity contribution in [1.29, 1.82) is 0 Å². The minimum atomic E-state index is -1.14. The first-order chi connectivity index (χ1) is 17.7. The Balaban J connectivity index is 1.51. The van der Waals surface area contributed by atoms with E-state index in [1.165, 1.54) is 0 Å². The molecular weight excluding hydrogens is 448 g/mol. The van der Waals surface area contributed by atoms with Gasteiger partial charge in [-0.25, -0.2) is 0 Å². The summed E-state index contributed by atoms with van der Waals surface area (Å²) >= 11 is 0. The summed E-state index contributed by atoms with van der Waals surface area (Å²) in [7, 11) is 0. The summed E-state index contributed by atoms with van der Waals surface area (Å²) in [6.45, 7) is 0.687. The minimum absolute atomic E-state index is 0.344. The highest BCUT2D eigenvalue weighted by Gasteiger charge is 2.34. The summed E-state index contributed by atoms with van der Waals surface area (Å²) in [5, 5.41) is 22.8. The number of aliphatic hydroxyl groups excluding tert-OH is 2. The van der Waals surface area contributed by atoms with E-state index in [4.69, 9.17) is 9.47 Å². The molecule has 0 aliphatic heterocycles. The zero-order chi connectivity index (χ0) is 25.0. The van der Waals surface area contributed by atoms with Crippen LogP contribution in [0.25, 0.3) is 0 Å². The molecule has 2 N–H and O–H groups in total. The van der Waals surface area contributed by atoms with Gasteiger partial charge in [-0.2, -0.15) is 0 Å². The second-order valence-corrected chi connectivity index (χ2v) is 9.03. The maximum Gasteiger partial charge on any atom is 0.109 e. The molecule has 4 rings (SSSR count). The first-order valence-corrected chi connectivity index (χ1v) is 12.4. The van der Waals surface area contributed by atoms with Crippen LogP contribution < -0.4 is 0 Å². The van der Waals surface area contributed by atoms with Crippen LogP contribution >= 0.6 is 0 Å². The topological polar surface area (TPSA) is 58.9 Å². The third-order valence-electron chi connectivity index (χ3n) is 6.28. The number of hydrogen-bond donors (Lipinski definition) is 2. The van der Waals surface area contributed by atoms with E-state index in [1.54, 1.807) is 0 Å². The third kappa shape index (κ3) is 7.87. The smallest absolute Gasteiger partial charge is 0.109 e. The van der Waals surface area contributed by atoms with Crippen LogP contribution in [0.3, 0.4) is 0 Å². The lowest BCUT2D eigenvalue weighted by molar-refractivity contribution is -0.142. The average molecular weight is 483 g/mol. The summed E-state index contributed by atoms with van der Waals surface area (Å²) in [5.74, 6) is 0. The van der Waals surface area contributed by atoms with Crippen LogP contribution in [0.5, 0.6) is 0 Å². The third-order valence-corrected chi connectivity index (χ3v) is 6.28. The summed E-state index contributed by atoms with van der Waals surface area (Å²) in [5.41, 5.74) is 4.09. The number of benzene rings is 4. The van der Waals surface area contributed by atoms with Crippen molar-refractivity contribution in [3.8, 4) is 0 Å². The molecule has 0 radical (unpaired) electrons. The van der Waals surface area contributed by atoms with Crippen LogP contribution in [-0.2, 0) is 35.5 Å². The normalized spacial score (nSPS) is 14.6. The SMILES string of the molecule is O[C@@H]([C@H](O)[C@@H](Cc1ccccc1)OCc1ccccc1)[C@@H](Cc1ccccc1)OCc1ccccc1. The first kappa shape index (κ1) is 25.8. The Morgan fingerprint density at radius 3 is 1.00 bits per heavy atom. The standard InChI is InChI=1S/C32H34O4/c33-31(29(21-25-13-5-1-6-14-25)35-23-27-17-9-3-10-18-27)32(34)30(22-26-15-7-2-8-16-26)36-24-28-19-11-4-12-20-28/h1-20,29-34H,21-24H2/t29-,30-,31-,32-/m1/s1. The molecule has 0 heterocycles. The van der Waals surface area contributed by atoms with Gasteiger partial charge in [-0.15, -0.1) is 0 Å². The number of hydrogen-bond acceptors (Lipinski definition) is 4. The molecule has 36 heavy (non-hydrogen) atoms. The number of ether oxygens (including phenoxy) is 2. The predicted molar refractivity (Wildman–Crippen MR) is 142 cm³/mol. The van der Waals surface area contributed by atoms with Crippen molar-refractivity contribution in [3.05, 3.63) is 144 Å². The molecule has 0 fully saturated rings. The summed E-state index contributed by atoms with van der Waals surface area (Å²) in [6, 6.07) is 39.5. The molecule has 0 amide bonds. The second-order valence-electron chi connectivity index (χ2n) is 9.03. The lowest BCUT2D eigenvalue weighted by atomic mass is 9.94. The Labute approximate surface area is 213 Å². The van der Waals surface area contributed by atoms with Gasteiger partial charge in [0.2, 0.25) is 0 Å². The van der Waals surface area contributed by atoms with Gasteiger partial charge < -0.3 is 19.7 Å². The van der Waals surface area contributed by atoms with Crippen LogP contribution in [0, 0.1) is 0 Å². The Morgan fingerprint density at radius 2 is 0.694 bits per heavy atom. The maximum absolute atomic E-state index is 11.4. The first-order valence-electron chi connectivity index (χ1n) is 12.4. The molecule has 4 aromatic rings. The fourth-order valence-electron chi connectivity index (χ4n) is 4.24. The van der Waals surface area contributed by atoms with Crippen LogP contribution in [0.2, 0.25) is 0 Å². The van der Waals surface area contributed by atoms with E-state index < -0.39 is 24.4 Å². The Bertz CT molecular complexity index is 1030. The fourth-order valence-corrected chi connectivity index (χ4v) is 4.24. The van der Waals surface area contributed by atoms with Gasteiger partial charge in [-0.3, -0.25) is 0 Å². The fraction of sp³-hybridized carbons (Fsp3) is 0.250. The van der Waals surface area contributed by atoms with Crippen molar-refractivity contribution in [1.82, 2.24) is 0 Å². The molecule has 0 aromatic heterocycles. The van der Waals surface area contributed by atoms with E-state index in [0.29, 0.717) is 26.1 Å². The molecular formula is C32H34O4. The largest absolute Gasteiger partial charge is 0.388 e. The summed E-state index contributed by atoms with van der Waals surface area (Å²) in [4.78, 5) is 0. The van der Waals surface area contributed by atoms with Crippen LogP contribution in [0.1, 0.15) is 22.3 Å². The lowest BCUT2D eigenvalue weighted by Crippen LogP contribution is -2.48. The molecule has 0 bridgehead atoms. The van der Waals surface area contributed by atoms with E-state index in [9.17, 15) is 10.2 Å². The van der Waals surface area contributed by atoms with Crippen LogP contribution in [0.15, 0.2) is 121 Å². The molecule has 0 unspecified atom stereocenters. The molecule has 0 saturated heterocycles. The molecule has 0 saturated carbocycles. The number of aliphatic hydroxyl groups is 2. The van der Waals surface area contributed by atoms with E-state index in [0.717, 1.165) is 22.3 Å². The van der Waals surface area contributed by atoms with Crippen molar-refractivity contribution in [2.45, 2.75) is 50.5 Å². The highest BCUT2D eigenvalue weighted by molar-refractivity contribution is 5.19. The highest BCUT2D eigenvalue weighted by atomic mass is 16.5. The van der Waals surface area contributed by atoms with Crippen LogP contribution in [0.4, 0.5) is 0 Å². The molecule has 4 aromatic carbocycles. The zero-order valence-electron chi connectivity index (χ0n) is 20.4. The lowest BCUT2D eigenvalue weighted by Gasteiger charge is -2.32. The monoisotopic (exact) mass is 482 g/mol. The van der Waals surface area contributed by atoms with Gasteiger partial charge >= 0.3 is 0 Å². The Kier molecular flexibility index (Phi) is 9.83. The van der Waals surface area contributed by atoms with E-state index >= 15 is 0 Å². The predicted octanol–water partition coefficient (Wildman–Crippen LogP) is 5.36. The van der Waals surface area contributed by atoms with E-state index in [-0.39, 0.29) is 0 Å². The Morgan fingerprint density at radius 1 is 0.417 bits per heavy atom. The van der Waals surface area contributed by atoms with Gasteiger partial charge in [-0.1, -0.05) is 121 Å². The molecule has 4 nitrogen and oxygen atoms in total. The van der Waals surface area contributed by atoms with Gasteiger partial charge in [0.15, 0.2) is 0 Å². The van der Waals surface area contributed by atoms with E-state index in [2.05, 4.69) is 0 Å². The van der Waals surface area contributed by atoms with Gasteiger partial charge in [0.1, 0.15) is 12.2 Å². The maximum atomic E-state index is 11.4. The van der Waals surface area contributed by atoms with E-state index in [1.807, 2.05) is 121 Å². The van der Waals surface area contributed by atoms with Gasteiger partial charge in [0, 0.05) is 12.8 Å². The quantitative estimate of drug-likeness (QED) is 0.269. The Hall–Kier alpha value is -3.28. The molecule has 0 spiro atoms. The summed E-state index contributed by atoms with van der Waals surface area (Å²) < 4.78 is 12.4. The van der Waals surface area contributed by atoms with Gasteiger partial charge in [-0.05, 0) is 22.3 Å². The zero-order valence-corrected chi connectivity index (χ0v) is 20.4. The van der Waals surface area contributed by atoms with Crippen molar-refractivity contribution >= 4 is 0 Å². The molecule has 0 aliphatic rings. The van der Waals surface area contributed by atoms with Crippen molar-refractivity contribution in [3.63, 3.8) is 0 Å². The van der Waals surface area contributed by atoms with Crippen molar-refractivity contribution in [2.24, 2.45) is 0 Å². The molecule has 0 aliphatic carbocycles. The second kappa shape index (κ2) is 13.7. The van der Waals surface area contributed by atoms with Gasteiger partial charge in [0.05, 0.1) is 25.4 Å². The van der Waals surface area contributed by atoms with Gasteiger partial charge in [0.25, 0.3) is 0 Å². The molecule has 4 heteroatoms. The van der Waals surface area contributed by atoms with Crippen LogP contribution in [-0.4, -0.2) is 34.6 Å². The molecule has 186 valence electrons. The van der Waals surface area contributed by atoms with Crippen molar-refractivity contribution < 1.29 is 19.7 Å². The molecule has 4 atom stereocenters. The summed E-state index contributed by atoms with van der Waals surface area (Å²) in [6.07, 6.45) is -2.55.